The molecule has 0 saturated carbocycles. The zero-order chi connectivity index (χ0) is 19.8. The predicted molar refractivity (Wildman–Crippen MR) is 97.7 cm³/mol. The van der Waals surface area contributed by atoms with Crippen molar-refractivity contribution in [1.29, 1.82) is 0 Å². The Kier molecular flexibility index (Phi) is 7.57. The molecule has 1 aromatic rings. The van der Waals surface area contributed by atoms with Gasteiger partial charge in [-0.1, -0.05) is 36.8 Å². The largest absolute Gasteiger partial charge is 0.469 e. The smallest absolute Gasteiger partial charge is 0.410 e. The summed E-state index contributed by atoms with van der Waals surface area (Å²) in [7, 11) is 1.34. The molecule has 27 heavy (non-hydrogen) atoms. The first-order valence-electron chi connectivity index (χ1n) is 9.16. The molecule has 8 nitrogen and oxygen atoms in total. The molecule has 1 aliphatic heterocycles. The Hall–Kier alpha value is -2.64. The summed E-state index contributed by atoms with van der Waals surface area (Å²) in [5, 5.41) is 11.6. The maximum absolute atomic E-state index is 12.2. The van der Waals surface area contributed by atoms with E-state index in [2.05, 4.69) is 4.74 Å². The Morgan fingerprint density at radius 3 is 2.67 bits per heavy atom. The van der Waals surface area contributed by atoms with Gasteiger partial charge in [-0.05, 0) is 25.3 Å². The van der Waals surface area contributed by atoms with Crippen LogP contribution in [0.4, 0.5) is 4.79 Å². The zero-order valence-electron chi connectivity index (χ0n) is 15.7. The van der Waals surface area contributed by atoms with Gasteiger partial charge in [0.2, 0.25) is 6.04 Å². The standard InChI is InChI=1S/C19H26N2O6/c1-14(16(21(24)25)11-7-4-8-12-18(22)26-2)20-17(13-27-19(20)23)15-9-5-3-6-10-15/h3,5-6,9-10,14,16-17H,4,7-8,11-13H2,1-2H3/t14-,16+,17+/m0/s1. The summed E-state index contributed by atoms with van der Waals surface area (Å²) in [6, 6.07) is 7.58. The van der Waals surface area contributed by atoms with Gasteiger partial charge >= 0.3 is 12.1 Å². The molecular weight excluding hydrogens is 352 g/mol. The highest BCUT2D eigenvalue weighted by Crippen LogP contribution is 2.31. The van der Waals surface area contributed by atoms with E-state index in [-0.39, 0.29) is 23.5 Å². The van der Waals surface area contributed by atoms with Gasteiger partial charge in [0.25, 0.3) is 0 Å². The van der Waals surface area contributed by atoms with Gasteiger partial charge in [0.15, 0.2) is 0 Å². The minimum Gasteiger partial charge on any atom is -0.469 e. The number of methoxy groups -OCH3 is 1. The Balaban J connectivity index is 1.99. The molecule has 1 saturated heterocycles. The summed E-state index contributed by atoms with van der Waals surface area (Å²) < 4.78 is 9.76. The van der Waals surface area contributed by atoms with Crippen molar-refractivity contribution in [2.75, 3.05) is 13.7 Å². The molecule has 0 unspecified atom stereocenters. The van der Waals surface area contributed by atoms with Crippen LogP contribution in [-0.2, 0) is 14.3 Å². The third-order valence-electron chi connectivity index (χ3n) is 4.97. The highest BCUT2D eigenvalue weighted by atomic mass is 16.6. The second-order valence-corrected chi connectivity index (χ2v) is 6.68. The van der Waals surface area contributed by atoms with Gasteiger partial charge in [0.1, 0.15) is 12.6 Å². The number of ether oxygens (including phenoxy) is 2. The van der Waals surface area contributed by atoms with Crippen LogP contribution in [0, 0.1) is 10.1 Å². The third-order valence-corrected chi connectivity index (χ3v) is 4.97. The van der Waals surface area contributed by atoms with Gasteiger partial charge in [0, 0.05) is 17.8 Å². The Bertz CT molecular complexity index is 651. The summed E-state index contributed by atoms with van der Waals surface area (Å²) in [5.41, 5.74) is 0.898. The lowest BCUT2D eigenvalue weighted by Gasteiger charge is -2.29. The number of hydrogen-bond acceptors (Lipinski definition) is 6. The third kappa shape index (κ3) is 5.42. The predicted octanol–water partition coefficient (Wildman–Crippen LogP) is 3.34. The monoisotopic (exact) mass is 378 g/mol. The number of unbranched alkanes of at least 4 members (excludes halogenated alkanes) is 2. The van der Waals surface area contributed by atoms with Crippen molar-refractivity contribution in [2.45, 2.75) is 57.2 Å². The van der Waals surface area contributed by atoms with Crippen LogP contribution in [0.2, 0.25) is 0 Å². The van der Waals surface area contributed by atoms with Crippen molar-refractivity contribution in [1.82, 2.24) is 4.90 Å². The van der Waals surface area contributed by atoms with Crippen LogP contribution < -0.4 is 0 Å². The Morgan fingerprint density at radius 2 is 2.04 bits per heavy atom. The maximum Gasteiger partial charge on any atom is 0.410 e. The number of amides is 1. The highest BCUT2D eigenvalue weighted by Gasteiger charge is 2.43. The molecule has 1 aliphatic rings. The van der Waals surface area contributed by atoms with E-state index in [1.54, 1.807) is 6.92 Å². The molecule has 0 N–H and O–H groups in total. The van der Waals surface area contributed by atoms with Gasteiger partial charge in [-0.15, -0.1) is 0 Å². The number of carbonyl (C=O) groups excluding carboxylic acids is 2. The molecule has 1 amide bonds. The topological polar surface area (TPSA) is 99.0 Å². The minimum absolute atomic E-state index is 0.191. The molecule has 148 valence electrons. The number of nitro groups is 1. The quantitative estimate of drug-likeness (QED) is 0.268. The summed E-state index contributed by atoms with van der Waals surface area (Å²) in [5.74, 6) is -0.278. The van der Waals surface area contributed by atoms with Gasteiger partial charge in [-0.2, -0.15) is 0 Å². The summed E-state index contributed by atoms with van der Waals surface area (Å²) >= 11 is 0. The first-order valence-corrected chi connectivity index (χ1v) is 9.16. The van der Waals surface area contributed by atoms with Crippen molar-refractivity contribution >= 4 is 12.1 Å². The second kappa shape index (κ2) is 9.89. The molecular formula is C19H26N2O6. The van der Waals surface area contributed by atoms with E-state index in [0.717, 1.165) is 5.56 Å². The molecule has 3 atom stereocenters. The Labute approximate surface area is 158 Å². The molecule has 0 radical (unpaired) electrons. The molecule has 1 heterocycles. The molecule has 1 aromatic carbocycles. The molecule has 0 aromatic heterocycles. The van der Waals surface area contributed by atoms with Gasteiger partial charge in [-0.3, -0.25) is 19.8 Å². The van der Waals surface area contributed by atoms with Gasteiger partial charge < -0.3 is 9.47 Å². The van der Waals surface area contributed by atoms with Crippen LogP contribution in [0.1, 0.15) is 50.6 Å². The van der Waals surface area contributed by atoms with Crippen molar-refractivity contribution in [3.8, 4) is 0 Å². The molecule has 2 rings (SSSR count). The van der Waals surface area contributed by atoms with Crippen LogP contribution >= 0.6 is 0 Å². The fourth-order valence-electron chi connectivity index (χ4n) is 3.42. The summed E-state index contributed by atoms with van der Waals surface area (Å²) in [6.45, 7) is 1.89. The lowest BCUT2D eigenvalue weighted by atomic mass is 9.98. The molecule has 0 spiro atoms. The number of esters is 1. The maximum atomic E-state index is 12.2. The van der Waals surface area contributed by atoms with Gasteiger partial charge in [0.05, 0.1) is 13.2 Å². The lowest BCUT2D eigenvalue weighted by molar-refractivity contribution is -0.530. The van der Waals surface area contributed by atoms with Gasteiger partial charge in [-0.25, -0.2) is 4.79 Å². The fraction of sp³-hybridized carbons (Fsp3) is 0.579. The van der Waals surface area contributed by atoms with Crippen molar-refractivity contribution < 1.29 is 24.0 Å². The van der Waals surface area contributed by atoms with E-state index in [1.807, 2.05) is 30.3 Å². The average molecular weight is 378 g/mol. The first-order chi connectivity index (χ1) is 13.0. The van der Waals surface area contributed by atoms with Crippen LogP contribution in [0.3, 0.4) is 0 Å². The zero-order valence-corrected chi connectivity index (χ0v) is 15.7. The fourth-order valence-corrected chi connectivity index (χ4v) is 3.42. The van der Waals surface area contributed by atoms with Crippen LogP contribution in [0.5, 0.6) is 0 Å². The number of rotatable bonds is 10. The SMILES string of the molecule is COC(=O)CCCCC[C@H]([C@H](C)N1C(=O)OC[C@@H]1c1ccccc1)[N+](=O)[O-]. The number of hydrogen-bond donors (Lipinski definition) is 0. The molecule has 0 bridgehead atoms. The number of nitrogens with zero attached hydrogens (tertiary/aromatic N) is 2. The van der Waals surface area contributed by atoms with Crippen molar-refractivity contribution in [3.63, 3.8) is 0 Å². The second-order valence-electron chi connectivity index (χ2n) is 6.68. The van der Waals surface area contributed by atoms with Crippen LogP contribution in [-0.4, -0.2) is 47.7 Å². The van der Waals surface area contributed by atoms with E-state index in [1.165, 1.54) is 12.0 Å². The number of carbonyl (C=O) groups is 2. The van der Waals surface area contributed by atoms with Crippen LogP contribution in [0.25, 0.3) is 0 Å². The average Bonchev–Trinajstić information content (AvgIpc) is 3.05. The Morgan fingerprint density at radius 1 is 1.33 bits per heavy atom. The van der Waals surface area contributed by atoms with E-state index < -0.39 is 18.2 Å². The summed E-state index contributed by atoms with van der Waals surface area (Å²) in [6.07, 6.45) is 2.05. The van der Waals surface area contributed by atoms with E-state index in [0.29, 0.717) is 32.1 Å². The van der Waals surface area contributed by atoms with Crippen molar-refractivity contribution in [2.24, 2.45) is 0 Å². The normalized spacial score (nSPS) is 18.7. The van der Waals surface area contributed by atoms with E-state index in [4.69, 9.17) is 4.74 Å². The van der Waals surface area contributed by atoms with Crippen molar-refractivity contribution in [3.05, 3.63) is 46.0 Å². The summed E-state index contributed by atoms with van der Waals surface area (Å²) in [4.78, 5) is 36.1. The first kappa shape index (κ1) is 20.7. The highest BCUT2D eigenvalue weighted by molar-refractivity contribution is 5.71. The minimum atomic E-state index is -0.889. The lowest BCUT2D eigenvalue weighted by Crippen LogP contribution is -2.46. The molecule has 8 heteroatoms. The van der Waals surface area contributed by atoms with E-state index >= 15 is 0 Å². The number of benzene rings is 1. The van der Waals surface area contributed by atoms with E-state index in [9.17, 15) is 19.7 Å². The van der Waals surface area contributed by atoms with Crippen LogP contribution in [0.15, 0.2) is 30.3 Å². The molecule has 0 aliphatic carbocycles. The number of cyclic esters (lactones) is 1. The molecule has 1 fully saturated rings.